The van der Waals surface area contributed by atoms with Crippen molar-refractivity contribution in [2.45, 2.75) is 4.90 Å². The van der Waals surface area contributed by atoms with Gasteiger partial charge >= 0.3 is 5.63 Å². The van der Waals surface area contributed by atoms with Crippen LogP contribution in [0.15, 0.2) is 62.6 Å². The van der Waals surface area contributed by atoms with E-state index in [0.29, 0.717) is 61.9 Å². The lowest BCUT2D eigenvalue weighted by Gasteiger charge is -2.31. The van der Waals surface area contributed by atoms with E-state index in [-0.39, 0.29) is 23.5 Å². The topological polar surface area (TPSA) is 118 Å². The van der Waals surface area contributed by atoms with Crippen LogP contribution < -0.4 is 15.8 Å². The summed E-state index contributed by atoms with van der Waals surface area (Å²) >= 11 is 0. The first kappa shape index (κ1) is 23.5. The van der Waals surface area contributed by atoms with Crippen LogP contribution in [-0.4, -0.2) is 71.2 Å². The molecule has 0 saturated carbocycles. The second kappa shape index (κ2) is 9.78. The van der Waals surface area contributed by atoms with E-state index in [1.807, 2.05) is 4.90 Å². The van der Waals surface area contributed by atoms with Crippen molar-refractivity contribution in [1.29, 1.82) is 0 Å². The predicted molar refractivity (Wildman–Crippen MR) is 129 cm³/mol. The molecule has 35 heavy (non-hydrogen) atoms. The van der Waals surface area contributed by atoms with Crippen molar-refractivity contribution >= 4 is 38.3 Å². The number of benzene rings is 2. The van der Waals surface area contributed by atoms with E-state index in [1.165, 1.54) is 22.5 Å². The van der Waals surface area contributed by atoms with E-state index < -0.39 is 21.6 Å². The zero-order chi connectivity index (χ0) is 24.4. The maximum Gasteiger partial charge on any atom is 0.349 e. The molecule has 0 atom stereocenters. The van der Waals surface area contributed by atoms with Crippen molar-refractivity contribution in [3.63, 3.8) is 0 Å². The van der Waals surface area contributed by atoms with Crippen molar-refractivity contribution in [2.75, 3.05) is 62.8 Å². The molecular weight excluding hydrogens is 474 g/mol. The second-order valence-electron chi connectivity index (χ2n) is 8.23. The molecule has 1 aromatic heterocycles. The summed E-state index contributed by atoms with van der Waals surface area (Å²) in [5.41, 5.74) is 0.373. The molecule has 2 saturated heterocycles. The lowest BCUT2D eigenvalue weighted by molar-refractivity contribution is 0.0730. The Morgan fingerprint density at radius 3 is 2.31 bits per heavy atom. The first-order valence-electron chi connectivity index (χ1n) is 11.3. The van der Waals surface area contributed by atoms with Gasteiger partial charge in [0, 0.05) is 31.6 Å². The number of morpholine rings is 2. The Hall–Kier alpha value is -3.25. The van der Waals surface area contributed by atoms with Crippen LogP contribution in [0, 0.1) is 0 Å². The van der Waals surface area contributed by atoms with Gasteiger partial charge in [0.2, 0.25) is 10.0 Å². The van der Waals surface area contributed by atoms with Gasteiger partial charge in [-0.1, -0.05) is 18.2 Å². The molecule has 3 aromatic rings. The minimum atomic E-state index is -3.79. The van der Waals surface area contributed by atoms with Crippen molar-refractivity contribution < 1.29 is 27.1 Å². The van der Waals surface area contributed by atoms with E-state index in [2.05, 4.69) is 5.32 Å². The number of hydrogen-bond acceptors (Lipinski definition) is 8. The van der Waals surface area contributed by atoms with Crippen LogP contribution in [-0.2, 0) is 19.5 Å². The smallest absolute Gasteiger partial charge is 0.349 e. The van der Waals surface area contributed by atoms with E-state index in [0.717, 1.165) is 0 Å². The van der Waals surface area contributed by atoms with Gasteiger partial charge < -0.3 is 24.1 Å². The Morgan fingerprint density at radius 2 is 1.57 bits per heavy atom. The molecule has 2 aliphatic heterocycles. The molecule has 2 aliphatic rings. The molecule has 1 amide bonds. The third-order valence-electron chi connectivity index (χ3n) is 6.06. The molecule has 0 bridgehead atoms. The maximum absolute atomic E-state index is 13.2. The summed E-state index contributed by atoms with van der Waals surface area (Å²) in [7, 11) is -3.79. The standard InChI is InChI=1S/C24H25N3O7S/c28-23(19-15-17-3-1-2-4-22(17)34-24(19)29)25-20-16-18(35(30,31)27-9-13-33-14-10-27)5-6-21(20)26-7-11-32-12-8-26/h1-6,15-16H,7-14H2,(H,25,28). The van der Waals surface area contributed by atoms with E-state index in [1.54, 1.807) is 30.3 Å². The number of nitrogens with zero attached hydrogens (tertiary/aromatic N) is 2. The van der Waals surface area contributed by atoms with E-state index >= 15 is 0 Å². The van der Waals surface area contributed by atoms with E-state index in [4.69, 9.17) is 13.9 Å². The van der Waals surface area contributed by atoms with Crippen LogP contribution in [0.5, 0.6) is 0 Å². The van der Waals surface area contributed by atoms with Gasteiger partial charge in [0.25, 0.3) is 5.91 Å². The molecule has 0 radical (unpaired) electrons. The summed E-state index contributed by atoms with van der Waals surface area (Å²) in [6.45, 7) is 3.34. The third kappa shape index (κ3) is 4.80. The number of para-hydroxylation sites is 1. The molecule has 5 rings (SSSR count). The van der Waals surface area contributed by atoms with Crippen LogP contribution >= 0.6 is 0 Å². The molecule has 0 unspecified atom stereocenters. The highest BCUT2D eigenvalue weighted by Gasteiger charge is 2.28. The molecule has 0 aliphatic carbocycles. The number of anilines is 2. The number of carbonyl (C=O) groups is 1. The molecule has 2 fully saturated rings. The SMILES string of the molecule is O=C(Nc1cc(S(=O)(=O)N2CCOCC2)ccc1N1CCOCC1)c1cc2ccccc2oc1=O. The van der Waals surface area contributed by atoms with Gasteiger partial charge in [0.1, 0.15) is 11.1 Å². The van der Waals surface area contributed by atoms with Crippen molar-refractivity contribution in [3.05, 3.63) is 64.5 Å². The van der Waals surface area contributed by atoms with Crippen molar-refractivity contribution in [1.82, 2.24) is 4.31 Å². The number of fused-ring (bicyclic) bond motifs is 1. The molecule has 1 N–H and O–H groups in total. The van der Waals surface area contributed by atoms with Crippen LogP contribution in [0.2, 0.25) is 0 Å². The summed E-state index contributed by atoms with van der Waals surface area (Å²) in [6.07, 6.45) is 0. The van der Waals surface area contributed by atoms with Crippen molar-refractivity contribution in [3.8, 4) is 0 Å². The molecule has 11 heteroatoms. The summed E-state index contributed by atoms with van der Waals surface area (Å²) in [4.78, 5) is 27.8. The monoisotopic (exact) mass is 499 g/mol. The van der Waals surface area contributed by atoms with Gasteiger partial charge in [-0.25, -0.2) is 13.2 Å². The number of nitrogens with one attached hydrogen (secondary N) is 1. The molecule has 2 aromatic carbocycles. The average Bonchev–Trinajstić information content (AvgIpc) is 2.89. The van der Waals surface area contributed by atoms with Gasteiger partial charge in [0.05, 0.1) is 42.7 Å². The highest BCUT2D eigenvalue weighted by atomic mass is 32.2. The summed E-state index contributed by atoms with van der Waals surface area (Å²) in [6, 6.07) is 13.0. The van der Waals surface area contributed by atoms with Gasteiger partial charge in [0.15, 0.2) is 0 Å². The molecule has 0 spiro atoms. The van der Waals surface area contributed by atoms with Gasteiger partial charge in [-0.3, -0.25) is 4.79 Å². The highest BCUT2D eigenvalue weighted by Crippen LogP contribution is 2.31. The van der Waals surface area contributed by atoms with Crippen LogP contribution in [0.4, 0.5) is 11.4 Å². The largest absolute Gasteiger partial charge is 0.422 e. The zero-order valence-electron chi connectivity index (χ0n) is 18.9. The predicted octanol–water partition coefficient (Wildman–Crippen LogP) is 1.90. The molecule has 3 heterocycles. The number of carbonyl (C=O) groups excluding carboxylic acids is 1. The van der Waals surface area contributed by atoms with Crippen molar-refractivity contribution in [2.24, 2.45) is 0 Å². The van der Waals surface area contributed by atoms with Gasteiger partial charge in [-0.2, -0.15) is 4.31 Å². The van der Waals surface area contributed by atoms with Crippen LogP contribution in [0.1, 0.15) is 10.4 Å². The first-order chi connectivity index (χ1) is 16.9. The lowest BCUT2D eigenvalue weighted by Crippen LogP contribution is -2.40. The second-order valence-corrected chi connectivity index (χ2v) is 10.2. The third-order valence-corrected chi connectivity index (χ3v) is 7.96. The zero-order valence-corrected chi connectivity index (χ0v) is 19.8. The van der Waals surface area contributed by atoms with Crippen LogP contribution in [0.3, 0.4) is 0 Å². The minimum absolute atomic E-state index is 0.0530. The number of rotatable bonds is 5. The number of amides is 1. The molecule has 184 valence electrons. The number of sulfonamides is 1. The Morgan fingerprint density at radius 1 is 0.886 bits per heavy atom. The van der Waals surface area contributed by atoms with Gasteiger partial charge in [-0.15, -0.1) is 0 Å². The normalized spacial score (nSPS) is 17.4. The van der Waals surface area contributed by atoms with Gasteiger partial charge in [-0.05, 0) is 30.3 Å². The molecule has 10 nitrogen and oxygen atoms in total. The molecular formula is C24H25N3O7S. The van der Waals surface area contributed by atoms with E-state index in [9.17, 15) is 18.0 Å². The Labute approximate surface area is 202 Å². The highest BCUT2D eigenvalue weighted by molar-refractivity contribution is 7.89. The quantitative estimate of drug-likeness (QED) is 0.529. The fraction of sp³-hybridized carbons (Fsp3) is 0.333. The fourth-order valence-corrected chi connectivity index (χ4v) is 5.64. The average molecular weight is 500 g/mol. The first-order valence-corrected chi connectivity index (χ1v) is 12.8. The Balaban J connectivity index is 1.52. The Bertz CT molecular complexity index is 1410. The minimum Gasteiger partial charge on any atom is -0.422 e. The van der Waals surface area contributed by atoms with Crippen LogP contribution in [0.25, 0.3) is 11.0 Å². The maximum atomic E-state index is 13.2. The summed E-state index contributed by atoms with van der Waals surface area (Å²) in [5.74, 6) is -0.681. The summed E-state index contributed by atoms with van der Waals surface area (Å²) < 4.78 is 43.9. The fourth-order valence-electron chi connectivity index (χ4n) is 4.20. The number of ether oxygens (including phenoxy) is 2. The number of hydrogen-bond donors (Lipinski definition) is 1. The summed E-state index contributed by atoms with van der Waals surface area (Å²) in [5, 5.41) is 3.36. The lowest BCUT2D eigenvalue weighted by atomic mass is 10.1. The Kier molecular flexibility index (Phi) is 6.56.